The van der Waals surface area contributed by atoms with Crippen molar-refractivity contribution in [2.75, 3.05) is 57.4 Å². The van der Waals surface area contributed by atoms with E-state index in [1.165, 1.54) is 6.07 Å². The Labute approximate surface area is 174 Å². The number of anilines is 1. The predicted molar refractivity (Wildman–Crippen MR) is 106 cm³/mol. The summed E-state index contributed by atoms with van der Waals surface area (Å²) >= 11 is 2.09. The van der Waals surface area contributed by atoms with Crippen molar-refractivity contribution in [3.05, 3.63) is 33.0 Å². The first kappa shape index (κ1) is 20.6. The van der Waals surface area contributed by atoms with Crippen molar-refractivity contribution in [3.8, 4) is 0 Å². The van der Waals surface area contributed by atoms with Crippen molar-refractivity contribution in [1.82, 2.24) is 14.8 Å². The minimum Gasteiger partial charge on any atom is -0.379 e. The van der Waals surface area contributed by atoms with Crippen LogP contribution in [0.15, 0.2) is 17.5 Å². The molecule has 0 spiro atoms. The van der Waals surface area contributed by atoms with E-state index < -0.39 is 11.1 Å². The molecule has 0 bridgehead atoms. The molecule has 0 radical (unpaired) electrons. The number of thiophene rings is 1. The Morgan fingerprint density at radius 1 is 1.10 bits per heavy atom. The average Bonchev–Trinajstić information content (AvgIpc) is 3.38. The smallest absolute Gasteiger partial charge is 0.379 e. The zero-order chi connectivity index (χ0) is 20.4. The number of rotatable bonds is 4. The molecule has 0 unspecified atom stereocenters. The van der Waals surface area contributed by atoms with Gasteiger partial charge in [0, 0.05) is 51.2 Å². The highest BCUT2D eigenvalue weighted by molar-refractivity contribution is 7.14. The SMILES string of the molecule is O=C(c1ccc(C(F)(F)F)s1)N1CCN(c2nc(CN3CCOCC3)cs2)CC1. The van der Waals surface area contributed by atoms with E-state index in [0.29, 0.717) is 37.5 Å². The van der Waals surface area contributed by atoms with Crippen molar-refractivity contribution in [2.24, 2.45) is 0 Å². The van der Waals surface area contributed by atoms with E-state index in [9.17, 15) is 18.0 Å². The Kier molecular flexibility index (Phi) is 6.09. The van der Waals surface area contributed by atoms with Gasteiger partial charge in [0.2, 0.25) is 0 Å². The lowest BCUT2D eigenvalue weighted by Gasteiger charge is -2.34. The zero-order valence-corrected chi connectivity index (χ0v) is 17.3. The number of hydrogen-bond donors (Lipinski definition) is 0. The Morgan fingerprint density at radius 2 is 1.83 bits per heavy atom. The number of ether oxygens (including phenoxy) is 1. The van der Waals surface area contributed by atoms with Crippen LogP contribution in [-0.4, -0.2) is 73.2 Å². The first-order chi connectivity index (χ1) is 13.9. The molecule has 158 valence electrons. The van der Waals surface area contributed by atoms with E-state index in [4.69, 9.17) is 9.72 Å². The minimum absolute atomic E-state index is 0.132. The van der Waals surface area contributed by atoms with Gasteiger partial charge >= 0.3 is 6.18 Å². The van der Waals surface area contributed by atoms with E-state index >= 15 is 0 Å². The molecule has 0 aliphatic carbocycles. The standard InChI is InChI=1S/C18H21F3N4O2S2/c19-18(20,21)15-2-1-14(29-15)16(26)24-3-5-25(6-4-24)17-22-13(12-28-17)11-23-7-9-27-10-8-23/h1-2,12H,3-11H2. The normalized spacial score (nSPS) is 19.0. The van der Waals surface area contributed by atoms with Crippen LogP contribution in [0, 0.1) is 0 Å². The molecule has 2 aliphatic heterocycles. The Bertz CT molecular complexity index is 840. The second kappa shape index (κ2) is 8.58. The zero-order valence-electron chi connectivity index (χ0n) is 15.7. The third kappa shape index (κ3) is 4.90. The van der Waals surface area contributed by atoms with Gasteiger partial charge in [-0.15, -0.1) is 22.7 Å². The van der Waals surface area contributed by atoms with Crippen molar-refractivity contribution < 1.29 is 22.7 Å². The Balaban J connectivity index is 1.31. The lowest BCUT2D eigenvalue weighted by molar-refractivity contribution is -0.134. The van der Waals surface area contributed by atoms with Gasteiger partial charge in [0.25, 0.3) is 5.91 Å². The summed E-state index contributed by atoms with van der Waals surface area (Å²) in [7, 11) is 0. The van der Waals surface area contributed by atoms with Crippen LogP contribution in [-0.2, 0) is 17.5 Å². The van der Waals surface area contributed by atoms with Crippen molar-refractivity contribution in [1.29, 1.82) is 0 Å². The van der Waals surface area contributed by atoms with Crippen molar-refractivity contribution >= 4 is 33.7 Å². The lowest BCUT2D eigenvalue weighted by Crippen LogP contribution is -2.48. The van der Waals surface area contributed by atoms with Crippen LogP contribution >= 0.6 is 22.7 Å². The third-order valence-electron chi connectivity index (χ3n) is 4.96. The van der Waals surface area contributed by atoms with Gasteiger partial charge in [-0.3, -0.25) is 9.69 Å². The van der Waals surface area contributed by atoms with E-state index in [0.717, 1.165) is 49.7 Å². The molecule has 1 amide bonds. The summed E-state index contributed by atoms with van der Waals surface area (Å²) in [5.41, 5.74) is 1.03. The molecule has 6 nitrogen and oxygen atoms in total. The number of alkyl halides is 3. The van der Waals surface area contributed by atoms with Gasteiger partial charge in [-0.1, -0.05) is 0 Å². The van der Waals surface area contributed by atoms with Gasteiger partial charge in [0.15, 0.2) is 5.13 Å². The molecule has 0 saturated carbocycles. The highest BCUT2D eigenvalue weighted by atomic mass is 32.1. The molecular formula is C18H21F3N4O2S2. The van der Waals surface area contributed by atoms with Gasteiger partial charge in [-0.2, -0.15) is 13.2 Å². The maximum atomic E-state index is 12.8. The van der Waals surface area contributed by atoms with Crippen molar-refractivity contribution in [2.45, 2.75) is 12.7 Å². The molecule has 29 heavy (non-hydrogen) atoms. The van der Waals surface area contributed by atoms with Crippen LogP contribution in [0.5, 0.6) is 0 Å². The van der Waals surface area contributed by atoms with E-state index in [1.54, 1.807) is 16.2 Å². The summed E-state index contributed by atoms with van der Waals surface area (Å²) in [4.78, 5) is 22.7. The minimum atomic E-state index is -4.41. The van der Waals surface area contributed by atoms with Crippen LogP contribution in [0.4, 0.5) is 18.3 Å². The third-order valence-corrected chi connectivity index (χ3v) is 7.03. The van der Waals surface area contributed by atoms with E-state index in [1.807, 2.05) is 0 Å². The first-order valence-electron chi connectivity index (χ1n) is 9.36. The maximum absolute atomic E-state index is 12.8. The summed E-state index contributed by atoms with van der Waals surface area (Å²) in [6.07, 6.45) is -4.41. The first-order valence-corrected chi connectivity index (χ1v) is 11.1. The van der Waals surface area contributed by atoms with E-state index in [-0.39, 0.29) is 10.8 Å². The number of thiazole rings is 1. The summed E-state index contributed by atoms with van der Waals surface area (Å²) in [5.74, 6) is -0.336. The molecule has 0 aromatic carbocycles. The molecule has 2 saturated heterocycles. The molecule has 2 fully saturated rings. The highest BCUT2D eigenvalue weighted by Gasteiger charge is 2.34. The predicted octanol–water partition coefficient (Wildman–Crippen LogP) is 3.02. The molecule has 4 rings (SSSR count). The summed E-state index contributed by atoms with van der Waals surface area (Å²) < 4.78 is 43.6. The topological polar surface area (TPSA) is 48.9 Å². The quantitative estimate of drug-likeness (QED) is 0.723. The number of piperazine rings is 1. The average molecular weight is 447 g/mol. The Hall–Kier alpha value is -1.69. The second-order valence-electron chi connectivity index (χ2n) is 6.95. The number of carbonyl (C=O) groups excluding carboxylic acids is 1. The molecule has 2 aromatic heterocycles. The maximum Gasteiger partial charge on any atom is 0.425 e. The van der Waals surface area contributed by atoms with Crippen LogP contribution < -0.4 is 4.90 Å². The molecule has 11 heteroatoms. The fourth-order valence-electron chi connectivity index (χ4n) is 3.36. The lowest BCUT2D eigenvalue weighted by atomic mass is 10.3. The van der Waals surface area contributed by atoms with Crippen molar-refractivity contribution in [3.63, 3.8) is 0 Å². The van der Waals surface area contributed by atoms with Crippen LogP contribution in [0.3, 0.4) is 0 Å². The number of halogens is 3. The summed E-state index contributed by atoms with van der Waals surface area (Å²) in [6, 6.07) is 2.24. The van der Waals surface area contributed by atoms with Gasteiger partial charge < -0.3 is 14.5 Å². The largest absolute Gasteiger partial charge is 0.425 e. The molecule has 2 aromatic rings. The number of morpholine rings is 1. The molecular weight excluding hydrogens is 425 g/mol. The highest BCUT2D eigenvalue weighted by Crippen LogP contribution is 2.35. The number of hydrogen-bond acceptors (Lipinski definition) is 7. The van der Waals surface area contributed by atoms with Crippen LogP contribution in [0.2, 0.25) is 0 Å². The fraction of sp³-hybridized carbons (Fsp3) is 0.556. The molecule has 2 aliphatic rings. The van der Waals surface area contributed by atoms with Crippen LogP contribution in [0.25, 0.3) is 0 Å². The number of amides is 1. The Morgan fingerprint density at radius 3 is 2.48 bits per heavy atom. The summed E-state index contributed by atoms with van der Waals surface area (Å²) in [5, 5.41) is 2.99. The molecule has 0 N–H and O–H groups in total. The van der Waals surface area contributed by atoms with Gasteiger partial charge in [-0.05, 0) is 12.1 Å². The summed E-state index contributed by atoms with van der Waals surface area (Å²) in [6.45, 7) is 6.30. The van der Waals surface area contributed by atoms with Gasteiger partial charge in [0.05, 0.1) is 23.8 Å². The second-order valence-corrected chi connectivity index (χ2v) is 8.87. The fourth-order valence-corrected chi connectivity index (χ4v) is 5.08. The molecule has 0 atom stereocenters. The van der Waals surface area contributed by atoms with E-state index in [2.05, 4.69) is 15.2 Å². The van der Waals surface area contributed by atoms with Gasteiger partial charge in [-0.25, -0.2) is 4.98 Å². The molecule has 4 heterocycles. The van der Waals surface area contributed by atoms with Gasteiger partial charge in [0.1, 0.15) is 4.88 Å². The number of aromatic nitrogens is 1. The van der Waals surface area contributed by atoms with Crippen LogP contribution in [0.1, 0.15) is 20.2 Å². The monoisotopic (exact) mass is 446 g/mol. The number of carbonyl (C=O) groups is 1. The number of nitrogens with zero attached hydrogens (tertiary/aromatic N) is 4.